The van der Waals surface area contributed by atoms with Crippen LogP contribution in [0.15, 0.2) is 27.4 Å². The van der Waals surface area contributed by atoms with Crippen molar-refractivity contribution in [3.63, 3.8) is 0 Å². The number of amides is 2. The summed E-state index contributed by atoms with van der Waals surface area (Å²) in [6.45, 7) is 2.46. The summed E-state index contributed by atoms with van der Waals surface area (Å²) < 4.78 is 15.7. The van der Waals surface area contributed by atoms with Crippen molar-refractivity contribution >= 4 is 34.4 Å². The van der Waals surface area contributed by atoms with Crippen molar-refractivity contribution in [3.8, 4) is 5.75 Å². The molecule has 156 valence electrons. The fourth-order valence-electron chi connectivity index (χ4n) is 2.98. The summed E-state index contributed by atoms with van der Waals surface area (Å²) in [5, 5.41) is 12.6. The molecule has 1 aliphatic rings. The van der Waals surface area contributed by atoms with Gasteiger partial charge in [0.2, 0.25) is 5.91 Å². The minimum absolute atomic E-state index is 0.0190. The third-order valence-corrected chi connectivity index (χ3v) is 5.01. The minimum Gasteiger partial charge on any atom is -0.484 e. The summed E-state index contributed by atoms with van der Waals surface area (Å²) in [5.41, 5.74) is 0.221. The fourth-order valence-corrected chi connectivity index (χ4v) is 3.12. The molecular weight excluding hydrogens is 404 g/mol. The van der Waals surface area contributed by atoms with Crippen LogP contribution < -0.4 is 15.7 Å². The molecule has 1 fully saturated rings. The first-order valence-corrected chi connectivity index (χ1v) is 9.41. The first-order valence-electron chi connectivity index (χ1n) is 9.03. The Labute approximate surface area is 171 Å². The van der Waals surface area contributed by atoms with Crippen LogP contribution in [0.1, 0.15) is 5.56 Å². The Bertz CT molecular complexity index is 969. The molecule has 1 atom stereocenters. The third-order valence-electron chi connectivity index (χ3n) is 4.58. The maximum absolute atomic E-state index is 12.4. The molecule has 0 aliphatic carbocycles. The molecule has 1 saturated heterocycles. The van der Waals surface area contributed by atoms with Gasteiger partial charge in [0.25, 0.3) is 5.91 Å². The quantitative estimate of drug-likeness (QED) is 0.647. The molecule has 2 amide bonds. The Morgan fingerprint density at radius 3 is 2.76 bits per heavy atom. The summed E-state index contributed by atoms with van der Waals surface area (Å²) in [6, 6.07) is 3.71. The van der Waals surface area contributed by atoms with Crippen LogP contribution in [0.3, 0.4) is 0 Å². The van der Waals surface area contributed by atoms with Crippen molar-refractivity contribution < 1.29 is 28.6 Å². The highest BCUT2D eigenvalue weighted by atomic mass is 35.5. The molecule has 1 aliphatic heterocycles. The van der Waals surface area contributed by atoms with Gasteiger partial charge in [-0.2, -0.15) is 0 Å². The monoisotopic (exact) mass is 424 g/mol. The van der Waals surface area contributed by atoms with Crippen LogP contribution in [0, 0.1) is 6.92 Å². The number of nitrogens with one attached hydrogen (secondary N) is 1. The van der Waals surface area contributed by atoms with E-state index in [2.05, 4.69) is 5.32 Å². The SMILES string of the molecule is Cc1c(Cl)c(=O)oc2cc(OCC(=O)N[C@@H](CO)C(=O)N3CCOCC3)ccc12. The Kier molecular flexibility index (Phi) is 6.73. The molecule has 10 heteroatoms. The Morgan fingerprint density at radius 2 is 2.07 bits per heavy atom. The lowest BCUT2D eigenvalue weighted by atomic mass is 10.1. The number of nitrogens with zero attached hydrogens (tertiary/aromatic N) is 1. The van der Waals surface area contributed by atoms with Gasteiger partial charge in [-0.25, -0.2) is 4.79 Å². The van der Waals surface area contributed by atoms with Crippen LogP contribution in [0.4, 0.5) is 0 Å². The van der Waals surface area contributed by atoms with Crippen molar-refractivity contribution in [1.29, 1.82) is 0 Å². The van der Waals surface area contributed by atoms with Gasteiger partial charge < -0.3 is 29.2 Å². The van der Waals surface area contributed by atoms with E-state index in [0.29, 0.717) is 43.0 Å². The minimum atomic E-state index is -1.05. The number of carbonyl (C=O) groups excluding carboxylic acids is 2. The summed E-state index contributed by atoms with van der Waals surface area (Å²) in [7, 11) is 0. The van der Waals surface area contributed by atoms with Crippen molar-refractivity contribution in [2.75, 3.05) is 39.5 Å². The highest BCUT2D eigenvalue weighted by Crippen LogP contribution is 2.25. The van der Waals surface area contributed by atoms with Gasteiger partial charge in [0.05, 0.1) is 19.8 Å². The van der Waals surface area contributed by atoms with Gasteiger partial charge in [-0.1, -0.05) is 11.6 Å². The summed E-state index contributed by atoms with van der Waals surface area (Å²) in [6.07, 6.45) is 0. The summed E-state index contributed by atoms with van der Waals surface area (Å²) >= 11 is 5.89. The summed E-state index contributed by atoms with van der Waals surface area (Å²) in [5.74, 6) is -0.638. The van der Waals surface area contributed by atoms with Crippen LogP contribution in [0.2, 0.25) is 5.02 Å². The predicted molar refractivity (Wildman–Crippen MR) is 104 cm³/mol. The fraction of sp³-hybridized carbons (Fsp3) is 0.421. The van der Waals surface area contributed by atoms with Gasteiger partial charge in [-0.15, -0.1) is 0 Å². The standard InChI is InChI=1S/C19H21ClN2O7/c1-11-13-3-2-12(8-15(13)29-19(26)17(11)20)28-10-16(24)21-14(9-23)18(25)22-4-6-27-7-5-22/h2-3,8,14,23H,4-7,9-10H2,1H3,(H,21,24)/t14-/m0/s1. The van der Waals surface area contributed by atoms with Crippen LogP contribution in [0.5, 0.6) is 5.75 Å². The predicted octanol–water partition coefficient (Wildman–Crippen LogP) is 0.470. The second kappa shape index (κ2) is 9.25. The first kappa shape index (κ1) is 21.1. The first-order chi connectivity index (χ1) is 13.9. The molecule has 9 nitrogen and oxygen atoms in total. The highest BCUT2D eigenvalue weighted by molar-refractivity contribution is 6.31. The lowest BCUT2D eigenvalue weighted by molar-refractivity contribution is -0.141. The highest BCUT2D eigenvalue weighted by Gasteiger charge is 2.26. The molecule has 0 spiro atoms. The molecular formula is C19H21ClN2O7. The Morgan fingerprint density at radius 1 is 1.34 bits per heavy atom. The van der Waals surface area contributed by atoms with E-state index in [1.165, 1.54) is 11.0 Å². The molecule has 1 aromatic heterocycles. The number of hydrogen-bond acceptors (Lipinski definition) is 7. The van der Waals surface area contributed by atoms with Gasteiger partial charge in [-0.05, 0) is 24.6 Å². The van der Waals surface area contributed by atoms with Gasteiger partial charge >= 0.3 is 5.63 Å². The molecule has 3 rings (SSSR count). The van der Waals surface area contributed by atoms with Gasteiger partial charge in [-0.3, -0.25) is 9.59 Å². The number of carbonyl (C=O) groups is 2. The average molecular weight is 425 g/mol. The molecule has 0 saturated carbocycles. The second-order valence-electron chi connectivity index (χ2n) is 6.52. The average Bonchev–Trinajstić information content (AvgIpc) is 2.74. The van der Waals surface area contributed by atoms with Gasteiger partial charge in [0.15, 0.2) is 6.61 Å². The molecule has 2 heterocycles. The Balaban J connectivity index is 1.61. The van der Waals surface area contributed by atoms with Crippen LogP contribution in [0.25, 0.3) is 11.0 Å². The van der Waals surface area contributed by atoms with Gasteiger partial charge in [0, 0.05) is 24.5 Å². The topological polar surface area (TPSA) is 118 Å². The van der Waals surface area contributed by atoms with Gasteiger partial charge in [0.1, 0.15) is 22.4 Å². The van der Waals surface area contributed by atoms with Crippen LogP contribution >= 0.6 is 11.6 Å². The van der Waals surface area contributed by atoms with E-state index >= 15 is 0 Å². The van der Waals surface area contributed by atoms with Crippen molar-refractivity contribution in [2.45, 2.75) is 13.0 Å². The largest absolute Gasteiger partial charge is 0.484 e. The number of aryl methyl sites for hydroxylation is 1. The van der Waals surface area contributed by atoms with Crippen molar-refractivity contribution in [3.05, 3.63) is 39.2 Å². The maximum Gasteiger partial charge on any atom is 0.355 e. The van der Waals surface area contributed by atoms with E-state index in [1.807, 2.05) is 0 Å². The number of fused-ring (bicyclic) bond motifs is 1. The molecule has 0 radical (unpaired) electrons. The van der Waals surface area contributed by atoms with E-state index in [9.17, 15) is 19.5 Å². The molecule has 1 aromatic carbocycles. The Hall–Kier alpha value is -2.62. The zero-order chi connectivity index (χ0) is 21.0. The number of ether oxygens (including phenoxy) is 2. The van der Waals surface area contributed by atoms with Crippen molar-refractivity contribution in [1.82, 2.24) is 10.2 Å². The lowest BCUT2D eigenvalue weighted by Gasteiger charge is -2.30. The summed E-state index contributed by atoms with van der Waals surface area (Å²) in [4.78, 5) is 37.8. The van der Waals surface area contributed by atoms with E-state index in [1.54, 1.807) is 19.1 Å². The third kappa shape index (κ3) is 4.87. The van der Waals surface area contributed by atoms with E-state index in [0.717, 1.165) is 0 Å². The van der Waals surface area contributed by atoms with Crippen LogP contribution in [-0.2, 0) is 14.3 Å². The number of halogens is 1. The van der Waals surface area contributed by atoms with E-state index in [4.69, 9.17) is 25.5 Å². The zero-order valence-corrected chi connectivity index (χ0v) is 16.5. The molecule has 2 N–H and O–H groups in total. The molecule has 0 bridgehead atoms. The van der Waals surface area contributed by atoms with E-state index in [-0.39, 0.29) is 23.1 Å². The molecule has 2 aromatic rings. The molecule has 0 unspecified atom stereocenters. The number of morpholine rings is 1. The number of aliphatic hydroxyl groups excluding tert-OH is 1. The second-order valence-corrected chi connectivity index (χ2v) is 6.89. The zero-order valence-electron chi connectivity index (χ0n) is 15.8. The molecule has 29 heavy (non-hydrogen) atoms. The number of rotatable bonds is 6. The number of benzene rings is 1. The number of aliphatic hydroxyl groups is 1. The van der Waals surface area contributed by atoms with Crippen molar-refractivity contribution in [2.24, 2.45) is 0 Å². The lowest BCUT2D eigenvalue weighted by Crippen LogP contribution is -2.54. The maximum atomic E-state index is 12.4. The normalized spacial score (nSPS) is 15.2. The van der Waals surface area contributed by atoms with Crippen LogP contribution in [-0.4, -0.2) is 67.4 Å². The van der Waals surface area contributed by atoms with E-state index < -0.39 is 24.2 Å². The number of hydrogen-bond donors (Lipinski definition) is 2. The smallest absolute Gasteiger partial charge is 0.355 e.